The fraction of sp³-hybridized carbons (Fsp3) is 0.389. The molecule has 0 spiro atoms. The van der Waals surface area contributed by atoms with Crippen LogP contribution in [0.25, 0.3) is 10.8 Å². The number of benzene rings is 2. The number of hydrogen-bond donors (Lipinski definition) is 1. The van der Waals surface area contributed by atoms with E-state index in [-0.39, 0.29) is 24.2 Å². The molecule has 22 heavy (non-hydrogen) atoms. The van der Waals surface area contributed by atoms with Crippen molar-refractivity contribution >= 4 is 29.1 Å². The molecule has 2 aromatic carbocycles. The van der Waals surface area contributed by atoms with E-state index in [0.29, 0.717) is 19.1 Å². The van der Waals surface area contributed by atoms with Crippen molar-refractivity contribution in [3.8, 4) is 0 Å². The van der Waals surface area contributed by atoms with Gasteiger partial charge < -0.3 is 10.6 Å². The number of halogens is 1. The van der Waals surface area contributed by atoms with Crippen LogP contribution in [0.15, 0.2) is 42.5 Å². The van der Waals surface area contributed by atoms with Gasteiger partial charge in [0, 0.05) is 25.0 Å². The minimum atomic E-state index is -0.0916. The van der Waals surface area contributed by atoms with Gasteiger partial charge in [-0.05, 0) is 35.2 Å². The Morgan fingerprint density at radius 2 is 1.91 bits per heavy atom. The van der Waals surface area contributed by atoms with Gasteiger partial charge in [-0.3, -0.25) is 4.79 Å². The molecule has 1 saturated carbocycles. The predicted octanol–water partition coefficient (Wildman–Crippen LogP) is 3.35. The second-order valence-electron chi connectivity index (χ2n) is 6.02. The molecular weight excluding hydrogens is 296 g/mol. The van der Waals surface area contributed by atoms with Crippen LogP contribution in [-0.2, 0) is 11.3 Å². The molecule has 0 saturated heterocycles. The number of fused-ring (bicyclic) bond motifs is 1. The first-order valence-electron chi connectivity index (χ1n) is 7.67. The van der Waals surface area contributed by atoms with Crippen molar-refractivity contribution < 1.29 is 4.79 Å². The molecule has 0 aromatic heterocycles. The summed E-state index contributed by atoms with van der Waals surface area (Å²) >= 11 is 0. The Morgan fingerprint density at radius 1 is 1.23 bits per heavy atom. The summed E-state index contributed by atoms with van der Waals surface area (Å²) in [6.07, 6.45) is 2.24. The van der Waals surface area contributed by atoms with Crippen LogP contribution in [0.5, 0.6) is 0 Å². The molecular formula is C18H23ClN2O. The summed E-state index contributed by atoms with van der Waals surface area (Å²) in [5, 5.41) is 2.46. The lowest BCUT2D eigenvalue weighted by Crippen LogP contribution is -2.38. The largest absolute Gasteiger partial charge is 0.335 e. The first kappa shape index (κ1) is 16.8. The van der Waals surface area contributed by atoms with Crippen molar-refractivity contribution in [2.45, 2.75) is 32.4 Å². The smallest absolute Gasteiger partial charge is 0.227 e. The van der Waals surface area contributed by atoms with Gasteiger partial charge in [-0.2, -0.15) is 0 Å². The van der Waals surface area contributed by atoms with Gasteiger partial charge in [-0.1, -0.05) is 43.3 Å². The molecule has 1 aliphatic rings. The first-order chi connectivity index (χ1) is 10.2. The zero-order valence-electron chi connectivity index (χ0n) is 12.9. The average molecular weight is 319 g/mol. The molecule has 1 atom stereocenters. The normalized spacial score (nSPS) is 15.2. The molecule has 2 aromatic rings. The summed E-state index contributed by atoms with van der Waals surface area (Å²) < 4.78 is 0. The van der Waals surface area contributed by atoms with Crippen LogP contribution in [0, 0.1) is 5.92 Å². The third kappa shape index (κ3) is 3.60. The number of hydrogen-bond acceptors (Lipinski definition) is 2. The molecule has 1 amide bonds. The number of carbonyl (C=O) groups excluding carboxylic acids is 1. The Morgan fingerprint density at radius 3 is 2.55 bits per heavy atom. The quantitative estimate of drug-likeness (QED) is 0.919. The highest BCUT2D eigenvalue weighted by molar-refractivity contribution is 5.85. The molecule has 0 radical (unpaired) electrons. The summed E-state index contributed by atoms with van der Waals surface area (Å²) in [4.78, 5) is 14.5. The zero-order chi connectivity index (χ0) is 14.8. The van der Waals surface area contributed by atoms with Gasteiger partial charge in [0.15, 0.2) is 0 Å². The molecule has 0 aliphatic heterocycles. The van der Waals surface area contributed by atoms with Crippen molar-refractivity contribution in [3.05, 3.63) is 48.0 Å². The first-order valence-corrected chi connectivity index (χ1v) is 7.67. The lowest BCUT2D eigenvalue weighted by atomic mass is 10.1. The number of amides is 1. The van der Waals surface area contributed by atoms with Gasteiger partial charge in [-0.25, -0.2) is 0 Å². The highest BCUT2D eigenvalue weighted by Crippen LogP contribution is 2.30. The van der Waals surface area contributed by atoms with E-state index in [9.17, 15) is 4.79 Å². The number of nitrogens with two attached hydrogens (primary N) is 1. The van der Waals surface area contributed by atoms with Crippen molar-refractivity contribution in [2.24, 2.45) is 11.7 Å². The minimum Gasteiger partial charge on any atom is -0.335 e. The number of rotatable bonds is 5. The minimum absolute atomic E-state index is 0. The van der Waals surface area contributed by atoms with E-state index in [1.165, 1.54) is 16.3 Å². The molecule has 1 aliphatic carbocycles. The van der Waals surface area contributed by atoms with Crippen LogP contribution in [0.1, 0.15) is 25.3 Å². The van der Waals surface area contributed by atoms with Gasteiger partial charge in [0.05, 0.1) is 0 Å². The monoisotopic (exact) mass is 318 g/mol. The summed E-state index contributed by atoms with van der Waals surface area (Å²) in [5.41, 5.74) is 6.84. The highest BCUT2D eigenvalue weighted by atomic mass is 35.5. The van der Waals surface area contributed by atoms with E-state index in [2.05, 4.69) is 30.3 Å². The molecule has 3 nitrogen and oxygen atoms in total. The molecule has 2 N–H and O–H groups in total. The van der Waals surface area contributed by atoms with E-state index >= 15 is 0 Å². The van der Waals surface area contributed by atoms with Crippen LogP contribution in [0.3, 0.4) is 0 Å². The summed E-state index contributed by atoms with van der Waals surface area (Å²) in [6, 6.07) is 15.2. The number of nitrogens with zero attached hydrogens (tertiary/aromatic N) is 1. The SMILES string of the molecule is CC(CN)C(=O)N(Cc1ccc2ccccc2c1)C1CC1.Cl. The van der Waals surface area contributed by atoms with E-state index in [1.54, 1.807) is 0 Å². The fourth-order valence-corrected chi connectivity index (χ4v) is 2.69. The molecule has 1 fully saturated rings. The molecule has 4 heteroatoms. The number of carbonyl (C=O) groups is 1. The topological polar surface area (TPSA) is 46.3 Å². The van der Waals surface area contributed by atoms with E-state index in [0.717, 1.165) is 12.8 Å². The predicted molar refractivity (Wildman–Crippen MR) is 93.0 cm³/mol. The van der Waals surface area contributed by atoms with Gasteiger partial charge in [-0.15, -0.1) is 12.4 Å². The van der Waals surface area contributed by atoms with E-state index < -0.39 is 0 Å². The lowest BCUT2D eigenvalue weighted by Gasteiger charge is -2.25. The molecule has 0 heterocycles. The summed E-state index contributed by atoms with van der Waals surface area (Å²) in [6.45, 7) is 3.02. The van der Waals surface area contributed by atoms with Gasteiger partial charge in [0.1, 0.15) is 0 Å². The second kappa shape index (κ2) is 7.12. The Hall–Kier alpha value is -1.58. The highest BCUT2D eigenvalue weighted by Gasteiger charge is 2.34. The Bertz CT molecular complexity index is 654. The molecule has 3 rings (SSSR count). The molecule has 1 unspecified atom stereocenters. The maximum Gasteiger partial charge on any atom is 0.227 e. The van der Waals surface area contributed by atoms with E-state index in [4.69, 9.17) is 5.73 Å². The van der Waals surface area contributed by atoms with Crippen molar-refractivity contribution in [2.75, 3.05) is 6.54 Å². The third-order valence-corrected chi connectivity index (χ3v) is 4.21. The van der Waals surface area contributed by atoms with Crippen LogP contribution in [-0.4, -0.2) is 23.4 Å². The Labute approximate surface area is 137 Å². The average Bonchev–Trinajstić information content (AvgIpc) is 3.35. The van der Waals surface area contributed by atoms with Gasteiger partial charge in [0.25, 0.3) is 0 Å². The van der Waals surface area contributed by atoms with Crippen molar-refractivity contribution in [3.63, 3.8) is 0 Å². The third-order valence-electron chi connectivity index (χ3n) is 4.21. The standard InChI is InChI=1S/C18H22N2O.ClH/c1-13(11-19)18(21)20(17-8-9-17)12-14-6-7-15-4-2-3-5-16(15)10-14;/h2-7,10,13,17H,8-9,11-12,19H2,1H3;1H. The Kier molecular flexibility index (Phi) is 5.43. The van der Waals surface area contributed by atoms with Crippen LogP contribution in [0.4, 0.5) is 0 Å². The molecule has 118 valence electrons. The fourth-order valence-electron chi connectivity index (χ4n) is 2.69. The van der Waals surface area contributed by atoms with Crippen LogP contribution >= 0.6 is 12.4 Å². The van der Waals surface area contributed by atoms with Crippen LogP contribution in [0.2, 0.25) is 0 Å². The summed E-state index contributed by atoms with van der Waals surface area (Å²) in [5.74, 6) is 0.0965. The summed E-state index contributed by atoms with van der Waals surface area (Å²) in [7, 11) is 0. The van der Waals surface area contributed by atoms with E-state index in [1.807, 2.05) is 24.0 Å². The Balaban J connectivity index is 0.00000176. The maximum atomic E-state index is 12.5. The zero-order valence-corrected chi connectivity index (χ0v) is 13.7. The van der Waals surface area contributed by atoms with Gasteiger partial charge >= 0.3 is 0 Å². The van der Waals surface area contributed by atoms with Crippen molar-refractivity contribution in [1.29, 1.82) is 0 Å². The molecule has 0 bridgehead atoms. The maximum absolute atomic E-state index is 12.5. The lowest BCUT2D eigenvalue weighted by molar-refractivity contribution is -0.135. The van der Waals surface area contributed by atoms with Crippen LogP contribution < -0.4 is 5.73 Å². The second-order valence-corrected chi connectivity index (χ2v) is 6.02. The van der Waals surface area contributed by atoms with Crippen molar-refractivity contribution in [1.82, 2.24) is 4.90 Å². The van der Waals surface area contributed by atoms with Gasteiger partial charge in [0.2, 0.25) is 5.91 Å².